The van der Waals surface area contributed by atoms with Crippen LogP contribution >= 0.6 is 0 Å². The minimum atomic E-state index is -0.703. The molecule has 0 aromatic heterocycles. The summed E-state index contributed by atoms with van der Waals surface area (Å²) in [5, 5.41) is 13.2. The maximum absolute atomic E-state index is 11.8. The van der Waals surface area contributed by atoms with E-state index < -0.39 is 16.9 Å². The standard InChI is InChI=1S/C13H16N2O5/c1-3-11(13(17)20-2)14-12(16)8-9-5-4-6-10(7-9)15(18)19/h4-7,11H,3,8H2,1-2H3,(H,14,16)/t11-/m1/s1. The van der Waals surface area contributed by atoms with Crippen molar-refractivity contribution in [2.75, 3.05) is 7.11 Å². The van der Waals surface area contributed by atoms with E-state index in [1.54, 1.807) is 13.0 Å². The molecule has 1 atom stereocenters. The number of nitrogens with one attached hydrogen (secondary N) is 1. The summed E-state index contributed by atoms with van der Waals surface area (Å²) in [6.07, 6.45) is 0.378. The van der Waals surface area contributed by atoms with Gasteiger partial charge in [0.25, 0.3) is 5.69 Å². The van der Waals surface area contributed by atoms with Crippen LogP contribution < -0.4 is 5.32 Å². The molecule has 0 bridgehead atoms. The van der Waals surface area contributed by atoms with Gasteiger partial charge in [0.15, 0.2) is 0 Å². The first kappa shape index (κ1) is 15.6. The predicted octanol–water partition coefficient (Wildman–Crippen LogP) is 1.21. The summed E-state index contributed by atoms with van der Waals surface area (Å²) in [6.45, 7) is 1.75. The first-order valence-electron chi connectivity index (χ1n) is 6.08. The highest BCUT2D eigenvalue weighted by atomic mass is 16.6. The van der Waals surface area contributed by atoms with E-state index in [1.807, 2.05) is 0 Å². The van der Waals surface area contributed by atoms with Gasteiger partial charge in [-0.1, -0.05) is 19.1 Å². The molecule has 7 heteroatoms. The highest BCUT2D eigenvalue weighted by Gasteiger charge is 2.19. The second-order valence-corrected chi connectivity index (χ2v) is 4.16. The average Bonchev–Trinajstić information content (AvgIpc) is 2.44. The van der Waals surface area contributed by atoms with Crippen molar-refractivity contribution < 1.29 is 19.2 Å². The average molecular weight is 280 g/mol. The Morgan fingerprint density at radius 2 is 2.15 bits per heavy atom. The van der Waals surface area contributed by atoms with E-state index in [0.29, 0.717) is 12.0 Å². The van der Waals surface area contributed by atoms with Crippen molar-refractivity contribution in [2.45, 2.75) is 25.8 Å². The topological polar surface area (TPSA) is 98.5 Å². The minimum Gasteiger partial charge on any atom is -0.467 e. The van der Waals surface area contributed by atoms with Crippen molar-refractivity contribution in [3.63, 3.8) is 0 Å². The third kappa shape index (κ3) is 4.34. The molecule has 0 spiro atoms. The monoisotopic (exact) mass is 280 g/mol. The third-order valence-electron chi connectivity index (χ3n) is 2.72. The summed E-state index contributed by atoms with van der Waals surface area (Å²) < 4.78 is 4.56. The first-order chi connectivity index (χ1) is 9.47. The molecule has 20 heavy (non-hydrogen) atoms. The number of carbonyl (C=O) groups is 2. The number of nitro groups is 1. The quantitative estimate of drug-likeness (QED) is 0.479. The van der Waals surface area contributed by atoms with Crippen LogP contribution in [0.1, 0.15) is 18.9 Å². The highest BCUT2D eigenvalue weighted by Crippen LogP contribution is 2.13. The lowest BCUT2D eigenvalue weighted by molar-refractivity contribution is -0.384. The molecule has 7 nitrogen and oxygen atoms in total. The molecule has 0 saturated carbocycles. The number of hydrogen-bond acceptors (Lipinski definition) is 5. The summed E-state index contributed by atoms with van der Waals surface area (Å²) in [5.41, 5.74) is 0.437. The van der Waals surface area contributed by atoms with Crippen LogP contribution in [0.15, 0.2) is 24.3 Å². The molecule has 0 heterocycles. The molecule has 1 aromatic carbocycles. The van der Waals surface area contributed by atoms with E-state index in [-0.39, 0.29) is 18.0 Å². The molecule has 1 rings (SSSR count). The van der Waals surface area contributed by atoms with E-state index in [1.165, 1.54) is 25.3 Å². The molecule has 0 aliphatic rings. The summed E-state index contributed by atoms with van der Waals surface area (Å²) in [6, 6.07) is 5.11. The second-order valence-electron chi connectivity index (χ2n) is 4.16. The van der Waals surface area contributed by atoms with Crippen molar-refractivity contribution in [1.82, 2.24) is 5.32 Å². The molecule has 1 amide bonds. The molecule has 0 aliphatic carbocycles. The van der Waals surface area contributed by atoms with Crippen LogP contribution in [0.5, 0.6) is 0 Å². The van der Waals surface area contributed by atoms with Gasteiger partial charge < -0.3 is 10.1 Å². The van der Waals surface area contributed by atoms with Crippen LogP contribution in [0.25, 0.3) is 0 Å². The number of esters is 1. The lowest BCUT2D eigenvalue weighted by Gasteiger charge is -2.14. The number of non-ortho nitro benzene ring substituents is 1. The third-order valence-corrected chi connectivity index (χ3v) is 2.72. The SMILES string of the molecule is CC[C@@H](NC(=O)Cc1cccc([N+](=O)[O-])c1)C(=O)OC. The zero-order chi connectivity index (χ0) is 15.1. The smallest absolute Gasteiger partial charge is 0.328 e. The molecular formula is C13H16N2O5. The Labute approximate surface area is 116 Å². The van der Waals surface area contributed by atoms with Crippen LogP contribution in [0.2, 0.25) is 0 Å². The molecular weight excluding hydrogens is 264 g/mol. The van der Waals surface area contributed by atoms with Gasteiger partial charge in [-0.05, 0) is 12.0 Å². The van der Waals surface area contributed by atoms with E-state index in [0.717, 1.165) is 0 Å². The Hall–Kier alpha value is -2.44. The van der Waals surface area contributed by atoms with Gasteiger partial charge in [0.2, 0.25) is 5.91 Å². The van der Waals surface area contributed by atoms with Crippen molar-refractivity contribution in [1.29, 1.82) is 0 Å². The fourth-order valence-electron chi connectivity index (χ4n) is 1.68. The van der Waals surface area contributed by atoms with Gasteiger partial charge in [0, 0.05) is 12.1 Å². The number of hydrogen-bond donors (Lipinski definition) is 1. The van der Waals surface area contributed by atoms with Crippen LogP contribution in [0, 0.1) is 10.1 Å². The number of nitrogens with zero attached hydrogens (tertiary/aromatic N) is 1. The van der Waals surface area contributed by atoms with E-state index in [4.69, 9.17) is 0 Å². The fraction of sp³-hybridized carbons (Fsp3) is 0.385. The van der Waals surface area contributed by atoms with Gasteiger partial charge >= 0.3 is 5.97 Å². The van der Waals surface area contributed by atoms with Gasteiger partial charge in [0.05, 0.1) is 18.5 Å². The summed E-state index contributed by atoms with van der Waals surface area (Å²) in [5.74, 6) is -0.900. The van der Waals surface area contributed by atoms with Crippen molar-refractivity contribution in [2.24, 2.45) is 0 Å². The molecule has 0 radical (unpaired) electrons. The minimum absolute atomic E-state index is 0.0326. The zero-order valence-corrected chi connectivity index (χ0v) is 11.3. The van der Waals surface area contributed by atoms with Crippen LogP contribution in [0.3, 0.4) is 0 Å². The van der Waals surface area contributed by atoms with Gasteiger partial charge in [0.1, 0.15) is 6.04 Å². The fourth-order valence-corrected chi connectivity index (χ4v) is 1.68. The largest absolute Gasteiger partial charge is 0.467 e. The van der Waals surface area contributed by atoms with E-state index in [2.05, 4.69) is 10.1 Å². The Morgan fingerprint density at radius 1 is 1.45 bits per heavy atom. The zero-order valence-electron chi connectivity index (χ0n) is 11.3. The van der Waals surface area contributed by atoms with E-state index in [9.17, 15) is 19.7 Å². The van der Waals surface area contributed by atoms with E-state index >= 15 is 0 Å². The maximum Gasteiger partial charge on any atom is 0.328 e. The number of benzene rings is 1. The molecule has 0 aliphatic heterocycles. The van der Waals surface area contributed by atoms with Crippen molar-refractivity contribution >= 4 is 17.6 Å². The van der Waals surface area contributed by atoms with Crippen molar-refractivity contribution in [3.8, 4) is 0 Å². The van der Waals surface area contributed by atoms with Crippen molar-refractivity contribution in [3.05, 3.63) is 39.9 Å². The second kappa shape index (κ2) is 7.22. The van der Waals surface area contributed by atoms with Crippen LogP contribution in [-0.2, 0) is 20.7 Å². The van der Waals surface area contributed by atoms with Gasteiger partial charge in [-0.15, -0.1) is 0 Å². The number of nitro benzene ring substituents is 1. The van der Waals surface area contributed by atoms with Gasteiger partial charge in [-0.2, -0.15) is 0 Å². The summed E-state index contributed by atoms with van der Waals surface area (Å²) >= 11 is 0. The normalized spacial score (nSPS) is 11.5. The molecule has 1 aromatic rings. The molecule has 108 valence electrons. The van der Waals surface area contributed by atoms with Gasteiger partial charge in [-0.25, -0.2) is 4.79 Å². The number of rotatable bonds is 6. The summed E-state index contributed by atoms with van der Waals surface area (Å²) in [7, 11) is 1.25. The number of ether oxygens (including phenoxy) is 1. The number of methoxy groups -OCH3 is 1. The summed E-state index contributed by atoms with van der Waals surface area (Å²) in [4.78, 5) is 33.3. The molecule has 0 unspecified atom stereocenters. The number of amides is 1. The molecule has 1 N–H and O–H groups in total. The molecule has 0 saturated heterocycles. The van der Waals surface area contributed by atoms with Gasteiger partial charge in [-0.3, -0.25) is 14.9 Å². The van der Waals surface area contributed by atoms with Crippen LogP contribution in [0.4, 0.5) is 5.69 Å². The van der Waals surface area contributed by atoms with Crippen LogP contribution in [-0.4, -0.2) is 30.0 Å². The number of carbonyl (C=O) groups excluding carboxylic acids is 2. The predicted molar refractivity (Wildman–Crippen MR) is 71.0 cm³/mol. The first-order valence-corrected chi connectivity index (χ1v) is 6.08. The Kier molecular flexibility index (Phi) is 5.64. The maximum atomic E-state index is 11.8. The highest BCUT2D eigenvalue weighted by molar-refractivity contribution is 5.85. The Morgan fingerprint density at radius 3 is 2.70 bits per heavy atom. The Balaban J connectivity index is 2.68. The molecule has 0 fully saturated rings. The lowest BCUT2D eigenvalue weighted by Crippen LogP contribution is -2.41. The lowest BCUT2D eigenvalue weighted by atomic mass is 10.1. The Bertz CT molecular complexity index is 515.